The van der Waals surface area contributed by atoms with Crippen molar-refractivity contribution in [2.75, 3.05) is 18.6 Å². The molecule has 1 rings (SSSR count). The maximum Gasteiger partial charge on any atom is 0.150 e. The molecule has 0 spiro atoms. The van der Waals surface area contributed by atoms with Crippen molar-refractivity contribution in [1.82, 2.24) is 0 Å². The fourth-order valence-corrected chi connectivity index (χ4v) is 1.63. The number of alkyl halides is 1. The Bertz CT molecular complexity index is 459. The van der Waals surface area contributed by atoms with Crippen molar-refractivity contribution in [3.05, 3.63) is 29.6 Å². The Kier molecular flexibility index (Phi) is 4.56. The van der Waals surface area contributed by atoms with Gasteiger partial charge in [-0.15, -0.1) is 11.6 Å². The second-order valence-electron chi connectivity index (χ2n) is 3.41. The summed E-state index contributed by atoms with van der Waals surface area (Å²) in [7, 11) is -3.06. The third-order valence-electron chi connectivity index (χ3n) is 1.81. The van der Waals surface area contributed by atoms with E-state index < -0.39 is 15.7 Å². The number of hydrogen-bond donors (Lipinski definition) is 0. The maximum absolute atomic E-state index is 13.0. The largest absolute Gasteiger partial charge is 0.492 e. The van der Waals surface area contributed by atoms with Crippen LogP contribution in [0.15, 0.2) is 18.2 Å². The summed E-state index contributed by atoms with van der Waals surface area (Å²) in [5.41, 5.74) is 0.594. The van der Waals surface area contributed by atoms with E-state index in [2.05, 4.69) is 0 Å². The lowest BCUT2D eigenvalue weighted by atomic mass is 10.2. The molecule has 0 N–H and O–H groups in total. The third-order valence-corrected chi connectivity index (χ3v) is 3.03. The first-order valence-corrected chi connectivity index (χ1v) is 7.16. The highest BCUT2D eigenvalue weighted by Crippen LogP contribution is 2.17. The predicted octanol–water partition coefficient (Wildman–Crippen LogP) is 1.99. The lowest BCUT2D eigenvalue weighted by molar-refractivity contribution is 0.339. The highest BCUT2D eigenvalue weighted by atomic mass is 35.5. The lowest BCUT2D eigenvalue weighted by Crippen LogP contribution is -2.12. The number of sulfone groups is 1. The van der Waals surface area contributed by atoms with Crippen LogP contribution in [-0.2, 0) is 15.7 Å². The minimum absolute atomic E-state index is 0.00398. The van der Waals surface area contributed by atoms with Crippen LogP contribution in [0.5, 0.6) is 5.75 Å². The molecule has 0 heterocycles. The molecule has 0 fully saturated rings. The van der Waals surface area contributed by atoms with E-state index in [9.17, 15) is 12.8 Å². The fraction of sp³-hybridized carbons (Fsp3) is 0.400. The van der Waals surface area contributed by atoms with Gasteiger partial charge >= 0.3 is 0 Å². The van der Waals surface area contributed by atoms with Crippen LogP contribution in [0.3, 0.4) is 0 Å². The Labute approximate surface area is 99.1 Å². The predicted molar refractivity (Wildman–Crippen MR) is 61.2 cm³/mol. The van der Waals surface area contributed by atoms with Crippen LogP contribution in [0.2, 0.25) is 0 Å². The minimum Gasteiger partial charge on any atom is -0.492 e. The SMILES string of the molecule is CS(=O)(=O)CCOc1cc(F)cc(CCl)c1. The molecule has 0 aliphatic rings. The van der Waals surface area contributed by atoms with Crippen LogP contribution >= 0.6 is 11.6 Å². The first-order valence-electron chi connectivity index (χ1n) is 4.56. The molecular weight excluding hydrogens is 255 g/mol. The van der Waals surface area contributed by atoms with E-state index in [0.717, 1.165) is 6.26 Å². The lowest BCUT2D eigenvalue weighted by Gasteiger charge is -2.06. The topological polar surface area (TPSA) is 43.4 Å². The molecule has 0 aliphatic carbocycles. The summed E-state index contributed by atoms with van der Waals surface area (Å²) in [5.74, 6) is -0.0771. The molecule has 3 nitrogen and oxygen atoms in total. The summed E-state index contributed by atoms with van der Waals surface area (Å²) < 4.78 is 39.8. The first kappa shape index (κ1) is 13.3. The standard InChI is InChI=1S/C10H12ClFO3S/c1-16(13,14)3-2-15-10-5-8(7-11)4-9(12)6-10/h4-6H,2-3,7H2,1H3. The molecule has 0 saturated carbocycles. The smallest absolute Gasteiger partial charge is 0.150 e. The molecule has 1 aromatic rings. The normalized spacial score (nSPS) is 11.4. The highest BCUT2D eigenvalue weighted by Gasteiger charge is 2.04. The van der Waals surface area contributed by atoms with Gasteiger partial charge in [0.1, 0.15) is 18.2 Å². The van der Waals surface area contributed by atoms with Gasteiger partial charge in [0.15, 0.2) is 9.84 Å². The summed E-state index contributed by atoms with van der Waals surface area (Å²) in [6.45, 7) is 0.00398. The summed E-state index contributed by atoms with van der Waals surface area (Å²) in [6.07, 6.45) is 1.12. The molecule has 6 heteroatoms. The molecule has 0 saturated heterocycles. The summed E-state index contributed by atoms with van der Waals surface area (Å²) in [5, 5.41) is 0. The average molecular weight is 267 g/mol. The third kappa shape index (κ3) is 4.81. The van der Waals surface area contributed by atoms with Crippen LogP contribution < -0.4 is 4.74 Å². The molecule has 90 valence electrons. The zero-order chi connectivity index (χ0) is 12.2. The van der Waals surface area contributed by atoms with Crippen molar-refractivity contribution in [3.63, 3.8) is 0 Å². The van der Waals surface area contributed by atoms with Crippen molar-refractivity contribution >= 4 is 21.4 Å². The number of benzene rings is 1. The van der Waals surface area contributed by atoms with Gasteiger partial charge in [-0.05, 0) is 17.7 Å². The van der Waals surface area contributed by atoms with Gasteiger partial charge in [-0.1, -0.05) is 0 Å². The van der Waals surface area contributed by atoms with Crippen molar-refractivity contribution in [2.45, 2.75) is 5.88 Å². The van der Waals surface area contributed by atoms with Gasteiger partial charge in [0.25, 0.3) is 0 Å². The first-order chi connectivity index (χ1) is 7.40. The monoisotopic (exact) mass is 266 g/mol. The van der Waals surface area contributed by atoms with E-state index in [0.29, 0.717) is 11.3 Å². The molecule has 0 radical (unpaired) electrons. The van der Waals surface area contributed by atoms with E-state index in [-0.39, 0.29) is 18.2 Å². The van der Waals surface area contributed by atoms with Gasteiger partial charge < -0.3 is 4.74 Å². The molecule has 16 heavy (non-hydrogen) atoms. The molecular formula is C10H12ClFO3S. The number of hydrogen-bond acceptors (Lipinski definition) is 3. The second-order valence-corrected chi connectivity index (χ2v) is 5.93. The summed E-state index contributed by atoms with van der Waals surface area (Å²) in [4.78, 5) is 0. The Morgan fingerprint density at radius 2 is 2.06 bits per heavy atom. The second kappa shape index (κ2) is 5.50. The molecule has 0 amide bonds. The van der Waals surface area contributed by atoms with Gasteiger partial charge in [0.2, 0.25) is 0 Å². The molecule has 0 bridgehead atoms. The zero-order valence-electron chi connectivity index (χ0n) is 8.74. The molecule has 0 aromatic heterocycles. The zero-order valence-corrected chi connectivity index (χ0v) is 10.3. The van der Waals surface area contributed by atoms with Crippen molar-refractivity contribution < 1.29 is 17.5 Å². The number of halogens is 2. The maximum atomic E-state index is 13.0. The number of ether oxygens (including phenoxy) is 1. The average Bonchev–Trinajstić information content (AvgIpc) is 2.14. The molecule has 1 aromatic carbocycles. The van der Waals surface area contributed by atoms with Crippen LogP contribution in [0.1, 0.15) is 5.56 Å². The highest BCUT2D eigenvalue weighted by molar-refractivity contribution is 7.90. The van der Waals surface area contributed by atoms with Gasteiger partial charge in [-0.3, -0.25) is 0 Å². The summed E-state index contributed by atoms with van der Waals surface area (Å²) >= 11 is 5.56. The van der Waals surface area contributed by atoms with Crippen molar-refractivity contribution in [3.8, 4) is 5.75 Å². The van der Waals surface area contributed by atoms with Crippen molar-refractivity contribution in [2.24, 2.45) is 0 Å². The Morgan fingerprint density at radius 3 is 2.62 bits per heavy atom. The van der Waals surface area contributed by atoms with Crippen LogP contribution in [0.25, 0.3) is 0 Å². The van der Waals surface area contributed by atoms with E-state index >= 15 is 0 Å². The Balaban J connectivity index is 2.63. The van der Waals surface area contributed by atoms with E-state index in [4.69, 9.17) is 16.3 Å². The quantitative estimate of drug-likeness (QED) is 0.766. The fourth-order valence-electron chi connectivity index (χ4n) is 1.09. The van der Waals surface area contributed by atoms with Gasteiger partial charge in [0, 0.05) is 18.2 Å². The van der Waals surface area contributed by atoms with Crippen molar-refractivity contribution in [1.29, 1.82) is 0 Å². The van der Waals surface area contributed by atoms with Gasteiger partial charge in [-0.2, -0.15) is 0 Å². The van der Waals surface area contributed by atoms with Gasteiger partial charge in [-0.25, -0.2) is 12.8 Å². The molecule has 0 aliphatic heterocycles. The van der Waals surface area contributed by atoms with E-state index in [1.807, 2.05) is 0 Å². The minimum atomic E-state index is -3.06. The van der Waals surface area contributed by atoms with Crippen LogP contribution in [0, 0.1) is 5.82 Å². The molecule has 0 atom stereocenters. The Hall–Kier alpha value is -0.810. The van der Waals surface area contributed by atoms with Crippen LogP contribution in [-0.4, -0.2) is 27.0 Å². The van der Waals surface area contributed by atoms with E-state index in [1.54, 1.807) is 6.07 Å². The van der Waals surface area contributed by atoms with Crippen LogP contribution in [0.4, 0.5) is 4.39 Å². The molecule has 0 unspecified atom stereocenters. The van der Waals surface area contributed by atoms with Gasteiger partial charge in [0.05, 0.1) is 5.75 Å². The van der Waals surface area contributed by atoms with E-state index in [1.165, 1.54) is 12.1 Å². The number of rotatable bonds is 5. The Morgan fingerprint density at radius 1 is 1.38 bits per heavy atom. The summed E-state index contributed by atoms with van der Waals surface area (Å²) in [6, 6.07) is 4.08.